The number of allylic oxidation sites excluding steroid dienone is 1. The number of nitriles is 2. The van der Waals surface area contributed by atoms with Gasteiger partial charge in [-0.25, -0.2) is 4.98 Å². The third-order valence-electron chi connectivity index (χ3n) is 3.65. The largest absolute Gasteiger partial charge is 0.506 e. The van der Waals surface area contributed by atoms with Gasteiger partial charge in [0, 0.05) is 12.6 Å². The summed E-state index contributed by atoms with van der Waals surface area (Å²) in [7, 11) is 1.80. The van der Waals surface area contributed by atoms with Crippen molar-refractivity contribution >= 4 is 22.4 Å². The van der Waals surface area contributed by atoms with Gasteiger partial charge in [-0.05, 0) is 36.4 Å². The highest BCUT2D eigenvalue weighted by atomic mass is 16.3. The molecule has 0 saturated heterocycles. The highest BCUT2D eigenvalue weighted by molar-refractivity contribution is 5.94. The molecule has 1 aromatic heterocycles. The van der Waals surface area contributed by atoms with Crippen molar-refractivity contribution in [1.29, 1.82) is 10.5 Å². The van der Waals surface area contributed by atoms with Crippen LogP contribution >= 0.6 is 0 Å². The molecule has 0 amide bonds. The molecule has 3 rings (SSSR count). The molecule has 0 bridgehead atoms. The van der Waals surface area contributed by atoms with E-state index < -0.39 is 0 Å². The summed E-state index contributed by atoms with van der Waals surface area (Å²) in [5, 5.41) is 28.8. The molecule has 0 aliphatic heterocycles. The molecule has 0 radical (unpaired) electrons. The maximum atomic E-state index is 10.5. The summed E-state index contributed by atoms with van der Waals surface area (Å²) < 4.78 is 1.77. The second-order valence-corrected chi connectivity index (χ2v) is 5.01. The van der Waals surface area contributed by atoms with E-state index in [1.54, 1.807) is 35.9 Å². The molecular weight excluding hydrogens is 288 g/mol. The summed E-state index contributed by atoms with van der Waals surface area (Å²) in [6.45, 7) is 0. The molecule has 0 unspecified atom stereocenters. The zero-order valence-corrected chi connectivity index (χ0v) is 12.4. The van der Waals surface area contributed by atoms with Crippen LogP contribution in [-0.2, 0) is 7.05 Å². The standard InChI is InChI=1S/C18H12N4O/c1-22-16-5-3-2-4-15(16)21-18(22)14(11-20)17(23)13-8-6-12(10-19)7-9-13/h2-9,23H,1H3. The maximum absolute atomic E-state index is 10.5. The number of hydrogen-bond acceptors (Lipinski definition) is 4. The number of hydrogen-bond donors (Lipinski definition) is 1. The molecule has 1 N–H and O–H groups in total. The van der Waals surface area contributed by atoms with Gasteiger partial charge in [-0.15, -0.1) is 0 Å². The van der Waals surface area contributed by atoms with E-state index in [0.29, 0.717) is 17.0 Å². The van der Waals surface area contributed by atoms with E-state index >= 15 is 0 Å². The summed E-state index contributed by atoms with van der Waals surface area (Å²) in [5.41, 5.74) is 2.68. The Labute approximate surface area is 133 Å². The fourth-order valence-corrected chi connectivity index (χ4v) is 2.42. The first-order valence-corrected chi connectivity index (χ1v) is 6.91. The van der Waals surface area contributed by atoms with E-state index in [1.165, 1.54) is 0 Å². The first kappa shape index (κ1) is 14.4. The van der Waals surface area contributed by atoms with E-state index in [0.717, 1.165) is 11.0 Å². The molecule has 0 aliphatic carbocycles. The molecule has 0 saturated carbocycles. The normalized spacial score (nSPS) is 11.6. The minimum absolute atomic E-state index is 0.0911. The number of para-hydroxylation sites is 2. The van der Waals surface area contributed by atoms with Crippen LogP contribution in [0, 0.1) is 22.7 Å². The molecule has 110 valence electrons. The Balaban J connectivity index is 2.18. The number of nitrogens with zero attached hydrogens (tertiary/aromatic N) is 4. The fourth-order valence-electron chi connectivity index (χ4n) is 2.42. The molecule has 0 spiro atoms. The summed E-state index contributed by atoms with van der Waals surface area (Å²) in [4.78, 5) is 4.43. The monoisotopic (exact) mass is 300 g/mol. The van der Waals surface area contributed by atoms with Crippen molar-refractivity contribution in [3.05, 3.63) is 65.5 Å². The summed E-state index contributed by atoms with van der Waals surface area (Å²) in [6, 6.07) is 18.0. The van der Waals surface area contributed by atoms with Crippen LogP contribution in [0.25, 0.3) is 22.4 Å². The molecule has 23 heavy (non-hydrogen) atoms. The van der Waals surface area contributed by atoms with Crippen molar-refractivity contribution in [3.8, 4) is 12.1 Å². The van der Waals surface area contributed by atoms with E-state index in [4.69, 9.17) is 5.26 Å². The molecule has 0 fully saturated rings. The number of imidazole rings is 1. The van der Waals surface area contributed by atoms with Gasteiger partial charge in [-0.3, -0.25) is 0 Å². The average Bonchev–Trinajstić information content (AvgIpc) is 2.93. The number of aryl methyl sites for hydroxylation is 1. The van der Waals surface area contributed by atoms with E-state index in [9.17, 15) is 10.4 Å². The summed E-state index contributed by atoms with van der Waals surface area (Å²) in [6.07, 6.45) is 0. The number of aliphatic hydroxyl groups excluding tert-OH is 1. The Morgan fingerprint density at radius 1 is 1.09 bits per heavy atom. The molecule has 0 atom stereocenters. The van der Waals surface area contributed by atoms with Crippen molar-refractivity contribution < 1.29 is 5.11 Å². The Kier molecular flexibility index (Phi) is 3.54. The summed E-state index contributed by atoms with van der Waals surface area (Å²) in [5.74, 6) is 0.242. The van der Waals surface area contributed by atoms with Gasteiger partial charge in [0.15, 0.2) is 5.82 Å². The van der Waals surface area contributed by atoms with Crippen LogP contribution in [0.5, 0.6) is 0 Å². The minimum Gasteiger partial charge on any atom is -0.506 e. The fraction of sp³-hybridized carbons (Fsp3) is 0.0556. The lowest BCUT2D eigenvalue weighted by atomic mass is 10.1. The molecule has 1 heterocycles. The molecular formula is C18H12N4O. The van der Waals surface area contributed by atoms with Crippen molar-refractivity contribution in [3.63, 3.8) is 0 Å². The summed E-state index contributed by atoms with van der Waals surface area (Å²) >= 11 is 0. The van der Waals surface area contributed by atoms with Crippen molar-refractivity contribution in [2.45, 2.75) is 0 Å². The third kappa shape index (κ3) is 2.41. The van der Waals surface area contributed by atoms with Crippen LogP contribution in [-0.4, -0.2) is 14.7 Å². The van der Waals surface area contributed by atoms with Gasteiger partial charge in [0.1, 0.15) is 17.4 Å². The zero-order valence-electron chi connectivity index (χ0n) is 12.4. The number of rotatable bonds is 2. The van der Waals surface area contributed by atoms with Crippen LogP contribution in [0.15, 0.2) is 48.5 Å². The second kappa shape index (κ2) is 5.67. The number of aromatic nitrogens is 2. The van der Waals surface area contributed by atoms with Crippen LogP contribution in [0.4, 0.5) is 0 Å². The lowest BCUT2D eigenvalue weighted by molar-refractivity contribution is 0.513. The van der Waals surface area contributed by atoms with Crippen LogP contribution < -0.4 is 0 Å². The van der Waals surface area contributed by atoms with Gasteiger partial charge in [0.2, 0.25) is 0 Å². The first-order valence-electron chi connectivity index (χ1n) is 6.91. The minimum atomic E-state index is -0.157. The third-order valence-corrected chi connectivity index (χ3v) is 3.65. The number of fused-ring (bicyclic) bond motifs is 1. The molecule has 5 heteroatoms. The Bertz CT molecular complexity index is 998. The van der Waals surface area contributed by atoms with E-state index in [1.807, 2.05) is 36.4 Å². The Hall–Kier alpha value is -3.57. The average molecular weight is 300 g/mol. The van der Waals surface area contributed by atoms with Gasteiger partial charge in [-0.1, -0.05) is 12.1 Å². The quantitative estimate of drug-likeness (QED) is 0.580. The topological polar surface area (TPSA) is 85.6 Å². The Morgan fingerprint density at radius 2 is 1.78 bits per heavy atom. The first-order chi connectivity index (χ1) is 11.2. The van der Waals surface area contributed by atoms with Gasteiger partial charge in [-0.2, -0.15) is 10.5 Å². The van der Waals surface area contributed by atoms with Crippen LogP contribution in [0.2, 0.25) is 0 Å². The van der Waals surface area contributed by atoms with Crippen LogP contribution in [0.3, 0.4) is 0 Å². The molecule has 3 aromatic rings. The SMILES string of the molecule is Cn1c(C(C#N)=C(O)c2ccc(C#N)cc2)nc2ccccc21. The van der Waals surface area contributed by atoms with Crippen molar-refractivity contribution in [1.82, 2.24) is 9.55 Å². The van der Waals surface area contributed by atoms with E-state index in [2.05, 4.69) is 4.98 Å². The smallest absolute Gasteiger partial charge is 0.155 e. The van der Waals surface area contributed by atoms with Gasteiger partial charge in [0.05, 0.1) is 22.7 Å². The Morgan fingerprint density at radius 3 is 2.39 bits per heavy atom. The number of benzene rings is 2. The van der Waals surface area contributed by atoms with E-state index in [-0.39, 0.29) is 11.3 Å². The highest BCUT2D eigenvalue weighted by Gasteiger charge is 2.17. The van der Waals surface area contributed by atoms with Crippen molar-refractivity contribution in [2.75, 3.05) is 0 Å². The maximum Gasteiger partial charge on any atom is 0.155 e. The highest BCUT2D eigenvalue weighted by Crippen LogP contribution is 2.26. The van der Waals surface area contributed by atoms with Gasteiger partial charge in [0.25, 0.3) is 0 Å². The predicted octanol–water partition coefficient (Wildman–Crippen LogP) is 3.39. The number of aliphatic hydroxyl groups is 1. The zero-order chi connectivity index (χ0) is 16.4. The molecule has 0 aliphatic rings. The second-order valence-electron chi connectivity index (χ2n) is 5.01. The van der Waals surface area contributed by atoms with Gasteiger partial charge < -0.3 is 9.67 Å². The van der Waals surface area contributed by atoms with Crippen molar-refractivity contribution in [2.24, 2.45) is 7.05 Å². The van der Waals surface area contributed by atoms with Crippen LogP contribution in [0.1, 0.15) is 17.0 Å². The van der Waals surface area contributed by atoms with Gasteiger partial charge >= 0.3 is 0 Å². The molecule has 2 aromatic carbocycles. The lowest BCUT2D eigenvalue weighted by Gasteiger charge is -2.05. The molecule has 5 nitrogen and oxygen atoms in total. The lowest BCUT2D eigenvalue weighted by Crippen LogP contribution is -1.99. The predicted molar refractivity (Wildman–Crippen MR) is 86.9 cm³/mol.